The second-order valence-corrected chi connectivity index (χ2v) is 10.2. The fourth-order valence-corrected chi connectivity index (χ4v) is 4.98. The number of anilines is 1. The van der Waals surface area contributed by atoms with Gasteiger partial charge in [-0.1, -0.05) is 47.5 Å². The Morgan fingerprint density at radius 2 is 1.78 bits per heavy atom. The Labute approximate surface area is 196 Å². The Morgan fingerprint density at radius 3 is 2.47 bits per heavy atom. The van der Waals surface area contributed by atoms with Crippen LogP contribution in [0.25, 0.3) is 0 Å². The summed E-state index contributed by atoms with van der Waals surface area (Å²) in [6.07, 6.45) is 0. The predicted octanol–water partition coefficient (Wildman–Crippen LogP) is 5.25. The van der Waals surface area contributed by atoms with E-state index < -0.39 is 10.0 Å². The van der Waals surface area contributed by atoms with E-state index in [1.807, 2.05) is 6.92 Å². The summed E-state index contributed by atoms with van der Waals surface area (Å²) in [6.45, 7) is 2.26. The molecule has 0 spiro atoms. The first-order valence-electron chi connectivity index (χ1n) is 9.74. The van der Waals surface area contributed by atoms with Crippen molar-refractivity contribution in [2.45, 2.75) is 17.6 Å². The van der Waals surface area contributed by atoms with Gasteiger partial charge in [-0.2, -0.15) is 11.8 Å². The van der Waals surface area contributed by atoms with Crippen LogP contribution in [0, 0.1) is 12.7 Å². The standard InChI is InChI=1S/C23H22ClFN2O3S2/c1-16-6-9-19(10-7-16)32(29,30)27-18-8-11-20(21(24)14-18)23(28)26-12-13-31-15-17-4-2-3-5-22(17)25/h2-11,14,27H,12-13,15H2,1H3,(H,26,28). The molecule has 0 aliphatic carbocycles. The van der Waals surface area contributed by atoms with Gasteiger partial charge in [0.1, 0.15) is 5.82 Å². The second kappa shape index (κ2) is 10.8. The van der Waals surface area contributed by atoms with Gasteiger partial charge < -0.3 is 5.32 Å². The van der Waals surface area contributed by atoms with E-state index in [0.29, 0.717) is 23.6 Å². The summed E-state index contributed by atoms with van der Waals surface area (Å²) in [5.41, 5.74) is 2.07. The van der Waals surface area contributed by atoms with Gasteiger partial charge >= 0.3 is 0 Å². The van der Waals surface area contributed by atoms with Crippen LogP contribution in [-0.2, 0) is 15.8 Å². The molecule has 0 saturated carbocycles. The lowest BCUT2D eigenvalue weighted by Gasteiger charge is -2.11. The second-order valence-electron chi connectivity index (χ2n) is 7.01. The molecule has 0 aliphatic heterocycles. The highest BCUT2D eigenvalue weighted by molar-refractivity contribution is 7.98. The summed E-state index contributed by atoms with van der Waals surface area (Å²) < 4.78 is 41.1. The van der Waals surface area contributed by atoms with Crippen LogP contribution in [0.2, 0.25) is 5.02 Å². The maximum Gasteiger partial charge on any atom is 0.261 e. The quantitative estimate of drug-likeness (QED) is 0.400. The van der Waals surface area contributed by atoms with E-state index in [2.05, 4.69) is 10.0 Å². The number of hydrogen-bond acceptors (Lipinski definition) is 4. The number of thioether (sulfide) groups is 1. The molecule has 0 atom stereocenters. The first-order chi connectivity index (χ1) is 15.3. The van der Waals surface area contributed by atoms with E-state index in [9.17, 15) is 17.6 Å². The summed E-state index contributed by atoms with van der Waals surface area (Å²) in [5.74, 6) is 0.508. The van der Waals surface area contributed by atoms with Crippen molar-refractivity contribution in [3.05, 3.63) is 94.3 Å². The molecule has 3 aromatic rings. The zero-order chi connectivity index (χ0) is 23.1. The molecule has 3 rings (SSSR count). The highest BCUT2D eigenvalue weighted by atomic mass is 35.5. The number of rotatable bonds is 9. The van der Waals surface area contributed by atoms with Crippen LogP contribution in [0.4, 0.5) is 10.1 Å². The van der Waals surface area contributed by atoms with Crippen LogP contribution in [-0.4, -0.2) is 26.6 Å². The molecule has 2 N–H and O–H groups in total. The summed E-state index contributed by atoms with van der Waals surface area (Å²) in [5, 5.41) is 2.89. The molecule has 0 radical (unpaired) electrons. The number of carbonyl (C=O) groups excluding carboxylic acids is 1. The molecule has 0 unspecified atom stereocenters. The van der Waals surface area contributed by atoms with Crippen molar-refractivity contribution in [2.75, 3.05) is 17.0 Å². The van der Waals surface area contributed by atoms with E-state index in [1.54, 1.807) is 30.3 Å². The number of carbonyl (C=O) groups is 1. The molecule has 0 saturated heterocycles. The minimum Gasteiger partial charge on any atom is -0.351 e. The van der Waals surface area contributed by atoms with Crippen molar-refractivity contribution in [1.29, 1.82) is 0 Å². The van der Waals surface area contributed by atoms with Gasteiger partial charge in [-0.15, -0.1) is 0 Å². The number of halogens is 2. The van der Waals surface area contributed by atoms with Gasteiger partial charge in [0, 0.05) is 18.1 Å². The van der Waals surface area contributed by atoms with Gasteiger partial charge in [-0.25, -0.2) is 12.8 Å². The lowest BCUT2D eigenvalue weighted by atomic mass is 10.2. The average molecular weight is 493 g/mol. The lowest BCUT2D eigenvalue weighted by molar-refractivity contribution is 0.0956. The highest BCUT2D eigenvalue weighted by Crippen LogP contribution is 2.24. The Kier molecular flexibility index (Phi) is 8.17. The largest absolute Gasteiger partial charge is 0.351 e. The summed E-state index contributed by atoms with van der Waals surface area (Å²) in [4.78, 5) is 12.5. The molecule has 3 aromatic carbocycles. The first-order valence-corrected chi connectivity index (χ1v) is 12.8. The van der Waals surface area contributed by atoms with Gasteiger partial charge in [-0.3, -0.25) is 9.52 Å². The van der Waals surface area contributed by atoms with E-state index in [1.165, 1.54) is 48.2 Å². The van der Waals surface area contributed by atoms with E-state index >= 15 is 0 Å². The first kappa shape index (κ1) is 24.1. The van der Waals surface area contributed by atoms with Gasteiger partial charge in [0.2, 0.25) is 0 Å². The third kappa shape index (κ3) is 6.48. The molecule has 0 heterocycles. The number of hydrogen-bond donors (Lipinski definition) is 2. The highest BCUT2D eigenvalue weighted by Gasteiger charge is 2.16. The Balaban J connectivity index is 1.53. The van der Waals surface area contributed by atoms with Gasteiger partial charge in [0.05, 0.1) is 21.2 Å². The van der Waals surface area contributed by atoms with Crippen molar-refractivity contribution in [2.24, 2.45) is 0 Å². The molecule has 32 heavy (non-hydrogen) atoms. The van der Waals surface area contributed by atoms with Gasteiger partial charge in [-0.05, 0) is 48.9 Å². The van der Waals surface area contributed by atoms with E-state index in [-0.39, 0.29) is 32.9 Å². The molecule has 0 bridgehead atoms. The van der Waals surface area contributed by atoms with Crippen molar-refractivity contribution in [1.82, 2.24) is 5.32 Å². The van der Waals surface area contributed by atoms with Gasteiger partial charge in [0.15, 0.2) is 0 Å². The molecule has 1 amide bonds. The fraction of sp³-hybridized carbons (Fsp3) is 0.174. The summed E-state index contributed by atoms with van der Waals surface area (Å²) in [6, 6.07) is 17.4. The monoisotopic (exact) mass is 492 g/mol. The molecule has 0 aliphatic rings. The van der Waals surface area contributed by atoms with E-state index in [0.717, 1.165) is 5.56 Å². The third-order valence-corrected chi connectivity index (χ3v) is 7.26. The minimum absolute atomic E-state index is 0.130. The Bertz CT molecular complexity index is 1200. The van der Waals surface area contributed by atoms with Crippen LogP contribution in [0.3, 0.4) is 0 Å². The number of benzene rings is 3. The lowest BCUT2D eigenvalue weighted by Crippen LogP contribution is -2.26. The number of nitrogens with one attached hydrogen (secondary N) is 2. The molecule has 5 nitrogen and oxygen atoms in total. The van der Waals surface area contributed by atoms with Crippen LogP contribution < -0.4 is 10.0 Å². The number of aryl methyl sites for hydroxylation is 1. The fourth-order valence-electron chi connectivity index (χ4n) is 2.82. The number of amides is 1. The van der Waals surface area contributed by atoms with E-state index in [4.69, 9.17) is 11.6 Å². The molecule has 9 heteroatoms. The summed E-state index contributed by atoms with van der Waals surface area (Å²) in [7, 11) is -3.77. The maximum atomic E-state index is 13.6. The van der Waals surface area contributed by atoms with Gasteiger partial charge in [0.25, 0.3) is 15.9 Å². The van der Waals surface area contributed by atoms with Crippen molar-refractivity contribution >= 4 is 45.0 Å². The molecule has 0 aromatic heterocycles. The molecule has 0 fully saturated rings. The number of sulfonamides is 1. The van der Waals surface area contributed by atoms with Crippen molar-refractivity contribution in [3.8, 4) is 0 Å². The molecular weight excluding hydrogens is 471 g/mol. The summed E-state index contributed by atoms with van der Waals surface area (Å²) >= 11 is 7.72. The SMILES string of the molecule is Cc1ccc(S(=O)(=O)Nc2ccc(C(=O)NCCSCc3ccccc3F)c(Cl)c2)cc1. The smallest absolute Gasteiger partial charge is 0.261 e. The Hall–Kier alpha value is -2.55. The van der Waals surface area contributed by atoms with Crippen LogP contribution in [0.15, 0.2) is 71.6 Å². The third-order valence-electron chi connectivity index (χ3n) is 4.54. The van der Waals surface area contributed by atoms with Crippen molar-refractivity contribution in [3.63, 3.8) is 0 Å². The minimum atomic E-state index is -3.77. The average Bonchev–Trinajstić information content (AvgIpc) is 2.74. The van der Waals surface area contributed by atoms with Crippen LogP contribution in [0.5, 0.6) is 0 Å². The zero-order valence-electron chi connectivity index (χ0n) is 17.3. The zero-order valence-corrected chi connectivity index (χ0v) is 19.7. The predicted molar refractivity (Wildman–Crippen MR) is 128 cm³/mol. The van der Waals surface area contributed by atoms with Crippen LogP contribution in [0.1, 0.15) is 21.5 Å². The Morgan fingerprint density at radius 1 is 1.06 bits per heavy atom. The maximum absolute atomic E-state index is 13.6. The molecular formula is C23H22ClFN2O3S2. The topological polar surface area (TPSA) is 75.3 Å². The molecule has 168 valence electrons. The van der Waals surface area contributed by atoms with Crippen LogP contribution >= 0.6 is 23.4 Å². The normalized spacial score (nSPS) is 11.2. The van der Waals surface area contributed by atoms with Crippen molar-refractivity contribution < 1.29 is 17.6 Å².